The molecule has 6 heteroatoms. The number of hydrogen-bond acceptors (Lipinski definition) is 4. The Balaban J connectivity index is 1.92. The first-order valence-corrected chi connectivity index (χ1v) is 6.41. The second kappa shape index (κ2) is 6.60. The van der Waals surface area contributed by atoms with Crippen molar-refractivity contribution >= 4 is 17.5 Å². The minimum absolute atomic E-state index is 0.474. The van der Waals surface area contributed by atoms with Crippen LogP contribution in [0.5, 0.6) is 0 Å². The third-order valence-corrected chi connectivity index (χ3v) is 2.93. The largest absolute Gasteiger partial charge is 0.453 e. The van der Waals surface area contributed by atoms with Gasteiger partial charge >= 0.3 is 6.09 Å². The number of carbonyl (C=O) groups excluding carboxylic acids is 1. The fourth-order valence-electron chi connectivity index (χ4n) is 1.81. The highest BCUT2D eigenvalue weighted by Crippen LogP contribution is 2.14. The first kappa shape index (κ1) is 13.9. The molecule has 0 aliphatic carbocycles. The van der Waals surface area contributed by atoms with Gasteiger partial charge in [-0.15, -0.1) is 0 Å². The first-order chi connectivity index (χ1) is 9.72. The molecule has 0 bridgehead atoms. The molecule has 0 unspecified atom stereocenters. The van der Waals surface area contributed by atoms with Gasteiger partial charge in [0.15, 0.2) is 0 Å². The highest BCUT2D eigenvalue weighted by Gasteiger charge is 2.02. The Labute approximate surface area is 117 Å². The molecule has 0 saturated heterocycles. The van der Waals surface area contributed by atoms with E-state index in [9.17, 15) is 4.79 Å². The van der Waals surface area contributed by atoms with Crippen LogP contribution >= 0.6 is 0 Å². The summed E-state index contributed by atoms with van der Waals surface area (Å²) in [5.41, 5.74) is 2.80. The fraction of sp³-hybridized carbons (Fsp3) is 0.286. The summed E-state index contributed by atoms with van der Waals surface area (Å²) in [6.07, 6.45) is 3.20. The van der Waals surface area contributed by atoms with Crippen molar-refractivity contribution in [2.24, 2.45) is 0 Å². The normalized spacial score (nSPS) is 10.1. The van der Waals surface area contributed by atoms with Crippen LogP contribution in [0.3, 0.4) is 0 Å². The lowest BCUT2D eigenvalue weighted by atomic mass is 10.2. The van der Waals surface area contributed by atoms with Crippen LogP contribution in [-0.4, -0.2) is 22.8 Å². The predicted molar refractivity (Wildman–Crippen MR) is 77.7 cm³/mol. The summed E-state index contributed by atoms with van der Waals surface area (Å²) >= 11 is 0. The van der Waals surface area contributed by atoms with E-state index in [4.69, 9.17) is 0 Å². The van der Waals surface area contributed by atoms with Gasteiger partial charge < -0.3 is 14.6 Å². The molecule has 2 N–H and O–H groups in total. The van der Waals surface area contributed by atoms with Gasteiger partial charge in [-0.2, -0.15) is 0 Å². The van der Waals surface area contributed by atoms with Crippen molar-refractivity contribution < 1.29 is 9.53 Å². The average molecular weight is 274 g/mol. The minimum atomic E-state index is -0.474. The number of carbonyl (C=O) groups is 1. The maximum Gasteiger partial charge on any atom is 0.411 e. The number of anilines is 2. The van der Waals surface area contributed by atoms with Gasteiger partial charge in [0, 0.05) is 24.1 Å². The smallest absolute Gasteiger partial charge is 0.411 e. The van der Waals surface area contributed by atoms with Crippen LogP contribution in [0.25, 0.3) is 0 Å². The van der Waals surface area contributed by atoms with E-state index in [1.165, 1.54) is 7.11 Å². The predicted octanol–water partition coefficient (Wildman–Crippen LogP) is 2.69. The highest BCUT2D eigenvalue weighted by atomic mass is 16.5. The SMILES string of the molecule is CCn1cncc1CNc1ccc(NC(=O)OC)cc1. The molecule has 0 fully saturated rings. The fourth-order valence-corrected chi connectivity index (χ4v) is 1.81. The van der Waals surface area contributed by atoms with Gasteiger partial charge in [-0.3, -0.25) is 5.32 Å². The van der Waals surface area contributed by atoms with Crippen molar-refractivity contribution in [3.8, 4) is 0 Å². The second-order valence-corrected chi connectivity index (χ2v) is 4.22. The molecule has 106 valence electrons. The number of nitrogens with zero attached hydrogens (tertiary/aromatic N) is 2. The van der Waals surface area contributed by atoms with Crippen molar-refractivity contribution in [1.29, 1.82) is 0 Å². The standard InChI is InChI=1S/C14H18N4O2/c1-3-18-10-15-8-13(18)9-16-11-4-6-12(7-5-11)17-14(19)20-2/h4-8,10,16H,3,9H2,1-2H3,(H,17,19). The summed E-state index contributed by atoms with van der Waals surface area (Å²) in [5, 5.41) is 5.92. The Bertz CT molecular complexity index is 563. The van der Waals surface area contributed by atoms with Gasteiger partial charge in [0.05, 0.1) is 25.7 Å². The number of amides is 1. The highest BCUT2D eigenvalue weighted by molar-refractivity contribution is 5.84. The van der Waals surface area contributed by atoms with Gasteiger partial charge in [0.2, 0.25) is 0 Å². The number of hydrogen-bond donors (Lipinski definition) is 2. The van der Waals surface area contributed by atoms with E-state index < -0.39 is 6.09 Å². The first-order valence-electron chi connectivity index (χ1n) is 6.41. The van der Waals surface area contributed by atoms with Gasteiger partial charge in [-0.25, -0.2) is 9.78 Å². The van der Waals surface area contributed by atoms with Gasteiger partial charge in [-0.1, -0.05) is 0 Å². The number of nitrogens with one attached hydrogen (secondary N) is 2. The van der Waals surface area contributed by atoms with Crippen molar-refractivity contribution in [1.82, 2.24) is 9.55 Å². The summed E-state index contributed by atoms with van der Waals surface area (Å²) in [6.45, 7) is 3.69. The number of ether oxygens (including phenoxy) is 1. The molecule has 0 spiro atoms. The molecule has 2 rings (SSSR count). The van der Waals surface area contributed by atoms with E-state index in [-0.39, 0.29) is 0 Å². The second-order valence-electron chi connectivity index (χ2n) is 4.22. The molecule has 20 heavy (non-hydrogen) atoms. The molecule has 1 aromatic carbocycles. The zero-order valence-corrected chi connectivity index (χ0v) is 11.6. The van der Waals surface area contributed by atoms with E-state index in [0.29, 0.717) is 12.2 Å². The van der Waals surface area contributed by atoms with Crippen LogP contribution in [0.15, 0.2) is 36.8 Å². The lowest BCUT2D eigenvalue weighted by Gasteiger charge is -2.09. The number of methoxy groups -OCH3 is 1. The van der Waals surface area contributed by atoms with Crippen LogP contribution in [0.1, 0.15) is 12.6 Å². The maximum atomic E-state index is 11.1. The quantitative estimate of drug-likeness (QED) is 0.879. The molecule has 1 heterocycles. The van der Waals surface area contributed by atoms with Gasteiger partial charge in [-0.05, 0) is 31.2 Å². The zero-order valence-electron chi connectivity index (χ0n) is 11.6. The summed E-state index contributed by atoms with van der Waals surface area (Å²) in [5.74, 6) is 0. The van der Waals surface area contributed by atoms with E-state index in [1.807, 2.05) is 36.8 Å². The molecule has 0 saturated carbocycles. The van der Waals surface area contributed by atoms with E-state index in [2.05, 4.69) is 31.8 Å². The van der Waals surface area contributed by atoms with E-state index in [1.54, 1.807) is 0 Å². The lowest BCUT2D eigenvalue weighted by molar-refractivity contribution is 0.187. The Morgan fingerprint density at radius 2 is 2.00 bits per heavy atom. The molecule has 2 aromatic rings. The summed E-state index contributed by atoms with van der Waals surface area (Å²) in [4.78, 5) is 15.2. The number of benzene rings is 1. The van der Waals surface area contributed by atoms with Crippen LogP contribution in [0, 0.1) is 0 Å². The average Bonchev–Trinajstić information content (AvgIpc) is 2.94. The molecule has 1 aromatic heterocycles. The third-order valence-electron chi connectivity index (χ3n) is 2.93. The molecule has 1 amide bonds. The Kier molecular flexibility index (Phi) is 4.60. The van der Waals surface area contributed by atoms with Crippen LogP contribution in [0.4, 0.5) is 16.2 Å². The Morgan fingerprint density at radius 1 is 1.30 bits per heavy atom. The van der Waals surface area contributed by atoms with Crippen LogP contribution in [-0.2, 0) is 17.8 Å². The van der Waals surface area contributed by atoms with E-state index >= 15 is 0 Å². The summed E-state index contributed by atoms with van der Waals surface area (Å²) < 4.78 is 6.61. The Morgan fingerprint density at radius 3 is 2.65 bits per heavy atom. The van der Waals surface area contributed by atoms with Gasteiger partial charge in [0.1, 0.15) is 0 Å². The maximum absolute atomic E-state index is 11.1. The molecule has 0 atom stereocenters. The molecular formula is C14H18N4O2. The number of aryl methyl sites for hydroxylation is 1. The zero-order chi connectivity index (χ0) is 14.4. The summed E-state index contributed by atoms with van der Waals surface area (Å²) in [7, 11) is 1.34. The Hall–Kier alpha value is -2.50. The van der Waals surface area contributed by atoms with Crippen molar-refractivity contribution in [3.05, 3.63) is 42.5 Å². The van der Waals surface area contributed by atoms with Crippen molar-refractivity contribution in [2.75, 3.05) is 17.7 Å². The van der Waals surface area contributed by atoms with Crippen LogP contribution in [0.2, 0.25) is 0 Å². The number of imidazole rings is 1. The van der Waals surface area contributed by atoms with Gasteiger partial charge in [0.25, 0.3) is 0 Å². The number of aromatic nitrogens is 2. The van der Waals surface area contributed by atoms with Crippen molar-refractivity contribution in [2.45, 2.75) is 20.0 Å². The van der Waals surface area contributed by atoms with Crippen molar-refractivity contribution in [3.63, 3.8) is 0 Å². The molecule has 0 aliphatic heterocycles. The lowest BCUT2D eigenvalue weighted by Crippen LogP contribution is -2.10. The van der Waals surface area contributed by atoms with E-state index in [0.717, 1.165) is 17.9 Å². The topological polar surface area (TPSA) is 68.2 Å². The molecular weight excluding hydrogens is 256 g/mol. The third kappa shape index (κ3) is 3.50. The summed E-state index contributed by atoms with van der Waals surface area (Å²) in [6, 6.07) is 7.43. The molecule has 0 radical (unpaired) electrons. The minimum Gasteiger partial charge on any atom is -0.453 e. The monoisotopic (exact) mass is 274 g/mol. The molecule has 0 aliphatic rings. The van der Waals surface area contributed by atoms with Crippen LogP contribution < -0.4 is 10.6 Å². The number of rotatable bonds is 5. The molecule has 6 nitrogen and oxygen atoms in total.